The molecular weight excluding hydrogens is 372 g/mol. The molecule has 0 aliphatic rings. The van der Waals surface area contributed by atoms with E-state index in [0.717, 1.165) is 10.8 Å². The number of halogens is 4. The molecule has 0 saturated heterocycles. The molecule has 0 saturated carbocycles. The zero-order valence-corrected chi connectivity index (χ0v) is 13.3. The van der Waals surface area contributed by atoms with Crippen molar-refractivity contribution in [3.63, 3.8) is 0 Å². The minimum Gasteiger partial charge on any atom is -0.302 e. The Bertz CT molecular complexity index is 631. The van der Waals surface area contributed by atoms with Crippen LogP contribution in [0.5, 0.6) is 0 Å². The summed E-state index contributed by atoms with van der Waals surface area (Å²) >= 11 is 21.5. The van der Waals surface area contributed by atoms with Crippen LogP contribution in [0.4, 0.5) is 0 Å². The van der Waals surface area contributed by atoms with E-state index in [1.54, 1.807) is 30.5 Å². The van der Waals surface area contributed by atoms with Gasteiger partial charge in [-0.1, -0.05) is 46.9 Å². The van der Waals surface area contributed by atoms with Gasteiger partial charge in [0.2, 0.25) is 0 Å². The highest BCUT2D eigenvalue weighted by atomic mass is 79.9. The van der Waals surface area contributed by atoms with Gasteiger partial charge in [-0.3, -0.25) is 0 Å². The molecule has 1 unspecified atom stereocenters. The number of pyridine rings is 1. The molecule has 6 heteroatoms. The standard InChI is InChI=1S/C13H7BrCl3NO/c14-7-4-9(13(17)18-5-7)10(6-19)8-2-1-3-11(15)12(8)16/h1-6,10H. The molecule has 0 fully saturated rings. The summed E-state index contributed by atoms with van der Waals surface area (Å²) in [5.74, 6) is -0.608. The minimum absolute atomic E-state index is 0.261. The monoisotopic (exact) mass is 377 g/mol. The zero-order chi connectivity index (χ0) is 14.0. The van der Waals surface area contributed by atoms with Gasteiger partial charge >= 0.3 is 0 Å². The first-order valence-corrected chi connectivity index (χ1v) is 7.17. The van der Waals surface area contributed by atoms with Gasteiger partial charge in [0.25, 0.3) is 0 Å². The quantitative estimate of drug-likeness (QED) is 0.546. The van der Waals surface area contributed by atoms with E-state index >= 15 is 0 Å². The fourth-order valence-electron chi connectivity index (χ4n) is 1.73. The Kier molecular flexibility index (Phi) is 4.85. The van der Waals surface area contributed by atoms with E-state index in [-0.39, 0.29) is 5.15 Å². The number of aldehydes is 1. The molecule has 98 valence electrons. The van der Waals surface area contributed by atoms with Crippen molar-refractivity contribution >= 4 is 57.0 Å². The molecule has 0 spiro atoms. The van der Waals surface area contributed by atoms with Crippen LogP contribution in [-0.4, -0.2) is 11.3 Å². The van der Waals surface area contributed by atoms with Gasteiger partial charge in [0.15, 0.2) is 0 Å². The second kappa shape index (κ2) is 6.23. The van der Waals surface area contributed by atoms with Crippen LogP contribution in [0.25, 0.3) is 0 Å². The van der Waals surface area contributed by atoms with E-state index in [9.17, 15) is 4.79 Å². The van der Waals surface area contributed by atoms with Gasteiger partial charge in [-0.25, -0.2) is 4.98 Å². The number of hydrogen-bond donors (Lipinski definition) is 0. The Balaban J connectivity index is 2.59. The van der Waals surface area contributed by atoms with E-state index in [0.29, 0.717) is 21.2 Å². The van der Waals surface area contributed by atoms with Crippen molar-refractivity contribution in [1.82, 2.24) is 4.98 Å². The third kappa shape index (κ3) is 3.11. The summed E-state index contributed by atoms with van der Waals surface area (Å²) in [5.41, 5.74) is 1.18. The Hall–Kier alpha value is -0.610. The van der Waals surface area contributed by atoms with Crippen molar-refractivity contribution in [2.75, 3.05) is 0 Å². The predicted molar refractivity (Wildman–Crippen MR) is 81.3 cm³/mol. The van der Waals surface area contributed by atoms with Gasteiger partial charge < -0.3 is 4.79 Å². The molecule has 19 heavy (non-hydrogen) atoms. The summed E-state index contributed by atoms with van der Waals surface area (Å²) in [6, 6.07) is 6.88. The summed E-state index contributed by atoms with van der Waals surface area (Å²) in [6.45, 7) is 0. The molecular formula is C13H7BrCl3NO. The summed E-state index contributed by atoms with van der Waals surface area (Å²) in [5, 5.41) is 0.999. The largest absolute Gasteiger partial charge is 0.302 e. The lowest BCUT2D eigenvalue weighted by Gasteiger charge is -2.15. The molecule has 2 aromatic rings. The maximum absolute atomic E-state index is 11.4. The first kappa shape index (κ1) is 14.8. The highest BCUT2D eigenvalue weighted by Crippen LogP contribution is 2.36. The number of aromatic nitrogens is 1. The summed E-state index contributed by atoms with van der Waals surface area (Å²) in [4.78, 5) is 15.4. The van der Waals surface area contributed by atoms with E-state index in [2.05, 4.69) is 20.9 Å². The Morgan fingerprint density at radius 1 is 1.21 bits per heavy atom. The molecule has 0 aliphatic heterocycles. The molecule has 0 N–H and O–H groups in total. The fraction of sp³-hybridized carbons (Fsp3) is 0.0769. The minimum atomic E-state index is -0.608. The van der Waals surface area contributed by atoms with Gasteiger partial charge in [0, 0.05) is 16.2 Å². The number of benzene rings is 1. The smallest absolute Gasteiger partial charge is 0.133 e. The molecule has 1 atom stereocenters. The fourth-order valence-corrected chi connectivity index (χ4v) is 2.73. The van der Waals surface area contributed by atoms with Crippen LogP contribution in [0.15, 0.2) is 34.9 Å². The lowest BCUT2D eigenvalue weighted by molar-refractivity contribution is -0.108. The van der Waals surface area contributed by atoms with Gasteiger partial charge in [-0.05, 0) is 33.6 Å². The van der Waals surface area contributed by atoms with Crippen molar-refractivity contribution in [3.05, 3.63) is 61.3 Å². The number of nitrogens with zero attached hydrogens (tertiary/aromatic N) is 1. The van der Waals surface area contributed by atoms with Gasteiger partial charge in [-0.15, -0.1) is 0 Å². The third-order valence-corrected chi connectivity index (χ3v) is 4.20. The van der Waals surface area contributed by atoms with Crippen LogP contribution in [0.2, 0.25) is 15.2 Å². The van der Waals surface area contributed by atoms with Gasteiger partial charge in [0.05, 0.1) is 16.0 Å². The maximum atomic E-state index is 11.4. The number of carbonyl (C=O) groups excluding carboxylic acids is 1. The van der Waals surface area contributed by atoms with Crippen LogP contribution >= 0.6 is 50.7 Å². The molecule has 1 aromatic carbocycles. The molecule has 0 radical (unpaired) electrons. The number of carbonyl (C=O) groups is 1. The molecule has 0 bridgehead atoms. The SMILES string of the molecule is O=CC(c1cc(Br)cnc1Cl)c1cccc(Cl)c1Cl. The molecule has 1 heterocycles. The molecule has 0 amide bonds. The summed E-state index contributed by atoms with van der Waals surface area (Å²) in [7, 11) is 0. The molecule has 1 aromatic heterocycles. The van der Waals surface area contributed by atoms with Crippen LogP contribution < -0.4 is 0 Å². The van der Waals surface area contributed by atoms with Crippen LogP contribution in [0.3, 0.4) is 0 Å². The highest BCUT2D eigenvalue weighted by Gasteiger charge is 2.21. The van der Waals surface area contributed by atoms with E-state index in [1.165, 1.54) is 0 Å². The number of rotatable bonds is 3. The predicted octanol–water partition coefficient (Wildman–Crippen LogP) is 5.14. The Morgan fingerprint density at radius 3 is 2.63 bits per heavy atom. The molecule has 2 rings (SSSR count). The average Bonchev–Trinajstić information content (AvgIpc) is 2.39. The third-order valence-electron chi connectivity index (χ3n) is 2.62. The van der Waals surface area contributed by atoms with Crippen molar-refractivity contribution < 1.29 is 4.79 Å². The second-order valence-electron chi connectivity index (χ2n) is 3.79. The topological polar surface area (TPSA) is 30.0 Å². The van der Waals surface area contributed by atoms with Crippen molar-refractivity contribution in [2.24, 2.45) is 0 Å². The van der Waals surface area contributed by atoms with Crippen LogP contribution in [0, 0.1) is 0 Å². The average molecular weight is 379 g/mol. The zero-order valence-electron chi connectivity index (χ0n) is 9.41. The van der Waals surface area contributed by atoms with Crippen LogP contribution in [0.1, 0.15) is 17.0 Å². The van der Waals surface area contributed by atoms with Gasteiger partial charge in [0.1, 0.15) is 11.4 Å². The normalized spacial score (nSPS) is 12.2. The van der Waals surface area contributed by atoms with Gasteiger partial charge in [-0.2, -0.15) is 0 Å². The summed E-state index contributed by atoms with van der Waals surface area (Å²) < 4.78 is 0.733. The lowest BCUT2D eigenvalue weighted by atomic mass is 9.94. The van der Waals surface area contributed by atoms with E-state index in [1.807, 2.05) is 0 Å². The lowest BCUT2D eigenvalue weighted by Crippen LogP contribution is -2.05. The van der Waals surface area contributed by atoms with Crippen molar-refractivity contribution in [3.8, 4) is 0 Å². The molecule has 0 aliphatic carbocycles. The first-order valence-electron chi connectivity index (χ1n) is 5.24. The first-order chi connectivity index (χ1) is 9.04. The Labute approximate surface area is 133 Å². The number of hydrogen-bond acceptors (Lipinski definition) is 2. The molecule has 2 nitrogen and oxygen atoms in total. The maximum Gasteiger partial charge on any atom is 0.133 e. The second-order valence-corrected chi connectivity index (χ2v) is 5.85. The summed E-state index contributed by atoms with van der Waals surface area (Å²) in [6.07, 6.45) is 2.33. The van der Waals surface area contributed by atoms with Crippen molar-refractivity contribution in [1.29, 1.82) is 0 Å². The van der Waals surface area contributed by atoms with E-state index < -0.39 is 5.92 Å². The van der Waals surface area contributed by atoms with Crippen LogP contribution in [-0.2, 0) is 4.79 Å². The van der Waals surface area contributed by atoms with E-state index in [4.69, 9.17) is 34.8 Å². The highest BCUT2D eigenvalue weighted by molar-refractivity contribution is 9.10. The van der Waals surface area contributed by atoms with Crippen molar-refractivity contribution in [2.45, 2.75) is 5.92 Å². The Morgan fingerprint density at radius 2 is 1.95 bits per heavy atom.